The number of carbonyl (C=O) groups is 2. The van der Waals surface area contributed by atoms with Gasteiger partial charge in [-0.1, -0.05) is 32.0 Å². The summed E-state index contributed by atoms with van der Waals surface area (Å²) in [7, 11) is 0. The van der Waals surface area contributed by atoms with Crippen molar-refractivity contribution < 1.29 is 19.4 Å². The molecule has 0 aliphatic carbocycles. The van der Waals surface area contributed by atoms with Crippen molar-refractivity contribution in [1.82, 2.24) is 0 Å². The van der Waals surface area contributed by atoms with Gasteiger partial charge in [0.25, 0.3) is 5.91 Å². The molecule has 5 nitrogen and oxygen atoms in total. The number of rotatable bonds is 6. The maximum atomic E-state index is 12.0. The quantitative estimate of drug-likeness (QED) is 0.793. The normalized spacial score (nSPS) is 11.6. The van der Waals surface area contributed by atoms with Gasteiger partial charge in [-0.2, -0.15) is 0 Å². The minimum Gasteiger partial charge on any atom is -0.508 e. The van der Waals surface area contributed by atoms with Crippen molar-refractivity contribution in [2.45, 2.75) is 26.2 Å². The molecule has 1 atom stereocenters. The Morgan fingerprint density at radius 3 is 2.46 bits per heavy atom. The lowest BCUT2D eigenvalue weighted by Gasteiger charge is -2.15. The van der Waals surface area contributed by atoms with E-state index < -0.39 is 11.9 Å². The van der Waals surface area contributed by atoms with Crippen LogP contribution in [-0.4, -0.2) is 23.6 Å². The highest BCUT2D eigenvalue weighted by Gasteiger charge is 2.13. The van der Waals surface area contributed by atoms with Crippen LogP contribution in [0.5, 0.6) is 5.75 Å². The smallest absolute Gasteiger partial charge is 0.338 e. The number of amides is 1. The van der Waals surface area contributed by atoms with Crippen LogP contribution in [0.3, 0.4) is 0 Å². The summed E-state index contributed by atoms with van der Waals surface area (Å²) in [6, 6.07) is 13.2. The number of nitrogens with one attached hydrogen (secondary N) is 1. The zero-order valence-electron chi connectivity index (χ0n) is 13.8. The van der Waals surface area contributed by atoms with Crippen molar-refractivity contribution in [2.75, 3.05) is 11.9 Å². The SMILES string of the molecule is CC[C@H](C)c1ccccc1NC(=O)COC(=O)c1ccc(O)cc1. The molecule has 0 aromatic heterocycles. The highest BCUT2D eigenvalue weighted by molar-refractivity contribution is 5.96. The molecule has 2 aromatic carbocycles. The van der Waals surface area contributed by atoms with Crippen molar-refractivity contribution in [2.24, 2.45) is 0 Å². The van der Waals surface area contributed by atoms with Gasteiger partial charge in [0.2, 0.25) is 0 Å². The number of aromatic hydroxyl groups is 1. The first-order valence-corrected chi connectivity index (χ1v) is 7.86. The van der Waals surface area contributed by atoms with E-state index in [1.807, 2.05) is 24.3 Å². The van der Waals surface area contributed by atoms with Gasteiger partial charge in [-0.3, -0.25) is 4.79 Å². The number of para-hydroxylation sites is 1. The lowest BCUT2D eigenvalue weighted by molar-refractivity contribution is -0.119. The topological polar surface area (TPSA) is 75.6 Å². The minimum absolute atomic E-state index is 0.0611. The number of hydrogen-bond donors (Lipinski definition) is 2. The third-order valence-corrected chi connectivity index (χ3v) is 3.82. The largest absolute Gasteiger partial charge is 0.508 e. The van der Waals surface area contributed by atoms with Crippen molar-refractivity contribution in [3.63, 3.8) is 0 Å². The molecule has 0 heterocycles. The Balaban J connectivity index is 1.94. The van der Waals surface area contributed by atoms with Gasteiger partial charge < -0.3 is 15.2 Å². The zero-order chi connectivity index (χ0) is 17.5. The van der Waals surface area contributed by atoms with E-state index in [4.69, 9.17) is 4.74 Å². The molecule has 0 fully saturated rings. The van der Waals surface area contributed by atoms with Gasteiger partial charge >= 0.3 is 5.97 Å². The van der Waals surface area contributed by atoms with Gasteiger partial charge in [-0.25, -0.2) is 4.79 Å². The van der Waals surface area contributed by atoms with E-state index in [0.29, 0.717) is 5.92 Å². The molecule has 24 heavy (non-hydrogen) atoms. The maximum Gasteiger partial charge on any atom is 0.338 e. The second-order valence-corrected chi connectivity index (χ2v) is 5.57. The predicted molar refractivity (Wildman–Crippen MR) is 92.2 cm³/mol. The van der Waals surface area contributed by atoms with Crippen LogP contribution >= 0.6 is 0 Å². The van der Waals surface area contributed by atoms with E-state index in [1.54, 1.807) is 0 Å². The summed E-state index contributed by atoms with van der Waals surface area (Å²) < 4.78 is 5.00. The van der Waals surface area contributed by atoms with Crippen LogP contribution in [0.1, 0.15) is 42.1 Å². The van der Waals surface area contributed by atoms with Crippen molar-refractivity contribution in [3.05, 3.63) is 59.7 Å². The zero-order valence-corrected chi connectivity index (χ0v) is 13.8. The van der Waals surface area contributed by atoms with E-state index in [2.05, 4.69) is 19.2 Å². The number of benzene rings is 2. The third kappa shape index (κ3) is 4.59. The number of ether oxygens (including phenoxy) is 1. The summed E-state index contributed by atoms with van der Waals surface area (Å²) in [6.07, 6.45) is 0.961. The number of phenols is 1. The summed E-state index contributed by atoms with van der Waals surface area (Å²) in [5, 5.41) is 12.0. The fourth-order valence-electron chi connectivity index (χ4n) is 2.26. The molecular weight excluding hydrogens is 306 g/mol. The van der Waals surface area contributed by atoms with Crippen LogP contribution in [0.25, 0.3) is 0 Å². The summed E-state index contributed by atoms with van der Waals surface area (Å²) >= 11 is 0. The summed E-state index contributed by atoms with van der Waals surface area (Å²) in [5.74, 6) is -0.620. The van der Waals surface area contributed by atoms with Crippen LogP contribution in [0.4, 0.5) is 5.69 Å². The molecule has 0 bridgehead atoms. The fourth-order valence-corrected chi connectivity index (χ4v) is 2.26. The van der Waals surface area contributed by atoms with E-state index in [9.17, 15) is 14.7 Å². The molecule has 126 valence electrons. The minimum atomic E-state index is -0.611. The fraction of sp³-hybridized carbons (Fsp3) is 0.263. The van der Waals surface area contributed by atoms with Gasteiger partial charge in [0.1, 0.15) is 5.75 Å². The first-order chi connectivity index (χ1) is 11.5. The molecule has 0 saturated heterocycles. The van der Waals surface area contributed by atoms with Crippen LogP contribution < -0.4 is 5.32 Å². The predicted octanol–water partition coefficient (Wildman–Crippen LogP) is 3.70. The van der Waals surface area contributed by atoms with Gasteiger partial charge in [0.15, 0.2) is 6.61 Å². The van der Waals surface area contributed by atoms with E-state index in [1.165, 1.54) is 24.3 Å². The van der Waals surface area contributed by atoms with E-state index >= 15 is 0 Å². The third-order valence-electron chi connectivity index (χ3n) is 3.82. The van der Waals surface area contributed by atoms with Crippen molar-refractivity contribution in [1.29, 1.82) is 0 Å². The molecule has 2 N–H and O–H groups in total. The van der Waals surface area contributed by atoms with E-state index in [-0.39, 0.29) is 17.9 Å². The Morgan fingerprint density at radius 1 is 1.12 bits per heavy atom. The molecular formula is C19H21NO4. The molecule has 1 amide bonds. The Morgan fingerprint density at radius 2 is 1.79 bits per heavy atom. The highest BCUT2D eigenvalue weighted by atomic mass is 16.5. The maximum absolute atomic E-state index is 12.0. The molecule has 0 saturated carbocycles. The van der Waals surface area contributed by atoms with E-state index in [0.717, 1.165) is 17.7 Å². The van der Waals surface area contributed by atoms with Gasteiger partial charge in [0, 0.05) is 5.69 Å². The number of phenolic OH excluding ortho intramolecular Hbond substituents is 1. The average Bonchev–Trinajstić information content (AvgIpc) is 2.60. The molecule has 0 aliphatic heterocycles. The van der Waals surface area contributed by atoms with Gasteiger partial charge in [0.05, 0.1) is 5.56 Å². The summed E-state index contributed by atoms with van der Waals surface area (Å²) in [6.45, 7) is 3.81. The van der Waals surface area contributed by atoms with Gasteiger partial charge in [-0.05, 0) is 48.2 Å². The van der Waals surface area contributed by atoms with Crippen molar-refractivity contribution >= 4 is 17.6 Å². The summed E-state index contributed by atoms with van der Waals surface area (Å²) in [4.78, 5) is 23.9. The van der Waals surface area contributed by atoms with Gasteiger partial charge in [-0.15, -0.1) is 0 Å². The highest BCUT2D eigenvalue weighted by Crippen LogP contribution is 2.26. The van der Waals surface area contributed by atoms with Crippen LogP contribution in [0, 0.1) is 0 Å². The average molecular weight is 327 g/mol. The Hall–Kier alpha value is -2.82. The Labute approximate surface area is 141 Å². The molecule has 0 aliphatic rings. The molecule has 2 rings (SSSR count). The first kappa shape index (κ1) is 17.5. The summed E-state index contributed by atoms with van der Waals surface area (Å²) in [5.41, 5.74) is 2.07. The molecule has 0 spiro atoms. The number of anilines is 1. The number of hydrogen-bond acceptors (Lipinski definition) is 4. The lowest BCUT2D eigenvalue weighted by Crippen LogP contribution is -2.21. The van der Waals surface area contributed by atoms with Crippen molar-refractivity contribution in [3.8, 4) is 5.75 Å². The van der Waals surface area contributed by atoms with Crippen LogP contribution in [0.2, 0.25) is 0 Å². The molecule has 0 radical (unpaired) electrons. The number of esters is 1. The Kier molecular flexibility index (Phi) is 5.95. The molecule has 2 aromatic rings. The Bertz CT molecular complexity index is 710. The monoisotopic (exact) mass is 327 g/mol. The van der Waals surface area contributed by atoms with Crippen LogP contribution in [0.15, 0.2) is 48.5 Å². The number of carbonyl (C=O) groups excluding carboxylic acids is 2. The molecule has 0 unspecified atom stereocenters. The molecule has 5 heteroatoms. The second kappa shape index (κ2) is 8.15. The lowest BCUT2D eigenvalue weighted by atomic mass is 9.97. The van der Waals surface area contributed by atoms with Crippen LogP contribution in [-0.2, 0) is 9.53 Å². The second-order valence-electron chi connectivity index (χ2n) is 5.57. The first-order valence-electron chi connectivity index (χ1n) is 7.86. The standard InChI is InChI=1S/C19H21NO4/c1-3-13(2)16-6-4-5-7-17(16)20-18(22)12-24-19(23)14-8-10-15(21)11-9-14/h4-11,13,21H,3,12H2,1-2H3,(H,20,22)/t13-/m0/s1.